The molecule has 2 heterocycles. The summed E-state index contributed by atoms with van der Waals surface area (Å²) in [6, 6.07) is 8.76. The van der Waals surface area contributed by atoms with Gasteiger partial charge in [0.05, 0.1) is 48.5 Å². The van der Waals surface area contributed by atoms with Crippen LogP contribution in [0.3, 0.4) is 0 Å². The monoisotopic (exact) mass is 462 g/mol. The number of nitrogens with zero attached hydrogens (tertiary/aromatic N) is 2. The number of methoxy groups -OCH3 is 1. The first-order valence-electron chi connectivity index (χ1n) is 11.0. The van der Waals surface area contributed by atoms with Gasteiger partial charge in [-0.1, -0.05) is 26.0 Å². The van der Waals surface area contributed by atoms with Crippen molar-refractivity contribution >= 4 is 21.4 Å². The lowest BCUT2D eigenvalue weighted by Gasteiger charge is -2.24. The molecule has 0 aliphatic carbocycles. The fourth-order valence-corrected chi connectivity index (χ4v) is 5.06. The third-order valence-electron chi connectivity index (χ3n) is 5.35. The van der Waals surface area contributed by atoms with E-state index in [1.807, 2.05) is 24.4 Å². The topological polar surface area (TPSA) is 92.8 Å². The van der Waals surface area contributed by atoms with Crippen LogP contribution in [0.5, 0.6) is 0 Å². The SMILES string of the molecule is COCCOC[C@H](CC(C)C)NS(=O)(=O)c1ccc(CN2c3ccncc3NC2C)cc1. The second-order valence-electron chi connectivity index (χ2n) is 8.50. The summed E-state index contributed by atoms with van der Waals surface area (Å²) in [7, 11) is -2.04. The summed E-state index contributed by atoms with van der Waals surface area (Å²) in [6.45, 7) is 8.11. The number of pyridine rings is 1. The quantitative estimate of drug-likeness (QED) is 0.468. The molecule has 9 heteroatoms. The van der Waals surface area contributed by atoms with Gasteiger partial charge in [0, 0.05) is 25.9 Å². The zero-order chi connectivity index (χ0) is 23.1. The van der Waals surface area contributed by atoms with Crippen molar-refractivity contribution in [3.8, 4) is 0 Å². The van der Waals surface area contributed by atoms with Gasteiger partial charge in [0.15, 0.2) is 0 Å². The largest absolute Gasteiger partial charge is 0.382 e. The number of anilines is 2. The number of hydrogen-bond acceptors (Lipinski definition) is 7. The Morgan fingerprint density at radius 3 is 2.62 bits per heavy atom. The first kappa shape index (κ1) is 24.4. The lowest BCUT2D eigenvalue weighted by molar-refractivity contribution is 0.0589. The van der Waals surface area contributed by atoms with Crippen molar-refractivity contribution in [3.05, 3.63) is 48.3 Å². The molecule has 8 nitrogen and oxygen atoms in total. The van der Waals surface area contributed by atoms with Crippen molar-refractivity contribution in [2.45, 2.75) is 50.8 Å². The third kappa shape index (κ3) is 6.41. The number of nitrogens with one attached hydrogen (secondary N) is 2. The average molecular weight is 463 g/mol. The Hall–Kier alpha value is -2.20. The van der Waals surface area contributed by atoms with Crippen LogP contribution in [0.4, 0.5) is 11.4 Å². The van der Waals surface area contributed by atoms with E-state index >= 15 is 0 Å². The van der Waals surface area contributed by atoms with Crippen molar-refractivity contribution in [2.24, 2.45) is 5.92 Å². The zero-order valence-electron chi connectivity index (χ0n) is 19.2. The summed E-state index contributed by atoms with van der Waals surface area (Å²) >= 11 is 0. The predicted molar refractivity (Wildman–Crippen MR) is 126 cm³/mol. The highest BCUT2D eigenvalue weighted by molar-refractivity contribution is 7.89. The summed E-state index contributed by atoms with van der Waals surface area (Å²) in [6.07, 6.45) is 4.42. The van der Waals surface area contributed by atoms with Gasteiger partial charge >= 0.3 is 0 Å². The van der Waals surface area contributed by atoms with Gasteiger partial charge in [0.2, 0.25) is 10.0 Å². The molecule has 0 radical (unpaired) electrons. The molecule has 0 amide bonds. The molecule has 32 heavy (non-hydrogen) atoms. The van der Waals surface area contributed by atoms with Crippen LogP contribution in [0.15, 0.2) is 47.6 Å². The molecule has 1 aromatic heterocycles. The van der Waals surface area contributed by atoms with Gasteiger partial charge in [-0.25, -0.2) is 13.1 Å². The van der Waals surface area contributed by atoms with E-state index in [0.717, 1.165) is 16.9 Å². The van der Waals surface area contributed by atoms with E-state index in [2.05, 4.69) is 40.7 Å². The highest BCUT2D eigenvalue weighted by atomic mass is 32.2. The Kier molecular flexibility index (Phi) is 8.47. The predicted octanol–water partition coefficient (Wildman–Crippen LogP) is 3.22. The second kappa shape index (κ2) is 11.1. The molecule has 2 N–H and O–H groups in total. The van der Waals surface area contributed by atoms with Crippen LogP contribution in [0.25, 0.3) is 0 Å². The molecular weight excluding hydrogens is 428 g/mol. The fourth-order valence-electron chi connectivity index (χ4n) is 3.83. The fraction of sp³-hybridized carbons (Fsp3) is 0.522. The maximum atomic E-state index is 13.0. The molecular formula is C23H34N4O4S. The van der Waals surface area contributed by atoms with Crippen LogP contribution in [0, 0.1) is 5.92 Å². The van der Waals surface area contributed by atoms with Gasteiger partial charge in [-0.2, -0.15) is 0 Å². The molecule has 3 rings (SSSR count). The Labute approximate surface area is 191 Å². The number of rotatable bonds is 12. The molecule has 0 spiro atoms. The van der Waals surface area contributed by atoms with Crippen molar-refractivity contribution < 1.29 is 17.9 Å². The summed E-state index contributed by atoms with van der Waals surface area (Å²) in [5, 5.41) is 3.40. The molecule has 1 aliphatic heterocycles. The number of benzene rings is 1. The highest BCUT2D eigenvalue weighted by Gasteiger charge is 2.26. The van der Waals surface area contributed by atoms with E-state index in [0.29, 0.717) is 38.7 Å². The standard InChI is InChI=1S/C23H34N4O4S/c1-17(2)13-20(16-31-12-11-30-4)26-32(28,29)21-7-5-19(6-8-21)15-27-18(3)25-22-14-24-10-9-23(22)27/h5-10,14,17-18,20,25-26H,11-13,15-16H2,1-4H3/t18?,20-/m0/s1. The van der Waals surface area contributed by atoms with Crippen LogP contribution in [-0.4, -0.2) is 52.5 Å². The van der Waals surface area contributed by atoms with Crippen LogP contribution in [-0.2, 0) is 26.0 Å². The van der Waals surface area contributed by atoms with Crippen molar-refractivity contribution in [1.82, 2.24) is 9.71 Å². The van der Waals surface area contributed by atoms with E-state index in [9.17, 15) is 8.42 Å². The van der Waals surface area contributed by atoms with Crippen LogP contribution in [0.2, 0.25) is 0 Å². The minimum absolute atomic E-state index is 0.133. The molecule has 0 bridgehead atoms. The van der Waals surface area contributed by atoms with Crippen molar-refractivity contribution in [2.75, 3.05) is 37.1 Å². The Balaban J connectivity index is 1.65. The van der Waals surface area contributed by atoms with Crippen LogP contribution >= 0.6 is 0 Å². The van der Waals surface area contributed by atoms with Gasteiger partial charge < -0.3 is 19.7 Å². The molecule has 0 fully saturated rings. The smallest absolute Gasteiger partial charge is 0.240 e. The first-order valence-corrected chi connectivity index (χ1v) is 12.4. The second-order valence-corrected chi connectivity index (χ2v) is 10.2. The summed E-state index contributed by atoms with van der Waals surface area (Å²) in [5.41, 5.74) is 3.13. The van der Waals surface area contributed by atoms with Gasteiger partial charge in [0.1, 0.15) is 0 Å². The van der Waals surface area contributed by atoms with E-state index < -0.39 is 10.0 Å². The molecule has 0 saturated carbocycles. The maximum absolute atomic E-state index is 13.0. The average Bonchev–Trinajstić information content (AvgIpc) is 3.06. The molecule has 2 atom stereocenters. The number of ether oxygens (including phenoxy) is 2. The lowest BCUT2D eigenvalue weighted by atomic mass is 10.1. The number of aromatic nitrogens is 1. The number of sulfonamides is 1. The normalized spacial score (nSPS) is 16.8. The van der Waals surface area contributed by atoms with E-state index in [-0.39, 0.29) is 17.1 Å². The summed E-state index contributed by atoms with van der Waals surface area (Å²) < 4.78 is 39.3. The van der Waals surface area contributed by atoms with Crippen LogP contribution < -0.4 is 14.9 Å². The van der Waals surface area contributed by atoms with Crippen molar-refractivity contribution in [3.63, 3.8) is 0 Å². The van der Waals surface area contributed by atoms with Gasteiger partial charge in [-0.3, -0.25) is 4.98 Å². The lowest BCUT2D eigenvalue weighted by Crippen LogP contribution is -2.39. The number of fused-ring (bicyclic) bond motifs is 1. The maximum Gasteiger partial charge on any atom is 0.240 e. The third-order valence-corrected chi connectivity index (χ3v) is 6.89. The Bertz CT molecular complexity index is 966. The first-order chi connectivity index (χ1) is 15.3. The number of hydrogen-bond donors (Lipinski definition) is 2. The Morgan fingerprint density at radius 1 is 1.19 bits per heavy atom. The molecule has 1 aliphatic rings. The summed E-state index contributed by atoms with van der Waals surface area (Å²) in [4.78, 5) is 6.65. The van der Waals surface area contributed by atoms with Crippen molar-refractivity contribution in [1.29, 1.82) is 0 Å². The molecule has 0 saturated heterocycles. The molecule has 1 unspecified atom stereocenters. The van der Waals surface area contributed by atoms with Gasteiger partial charge in [-0.15, -0.1) is 0 Å². The van der Waals surface area contributed by atoms with Gasteiger partial charge in [0.25, 0.3) is 0 Å². The minimum atomic E-state index is -3.65. The summed E-state index contributed by atoms with van der Waals surface area (Å²) in [5.74, 6) is 0.338. The molecule has 176 valence electrons. The van der Waals surface area contributed by atoms with E-state index in [4.69, 9.17) is 9.47 Å². The highest BCUT2D eigenvalue weighted by Crippen LogP contribution is 2.34. The molecule has 2 aromatic rings. The van der Waals surface area contributed by atoms with Crippen LogP contribution in [0.1, 0.15) is 32.8 Å². The minimum Gasteiger partial charge on any atom is -0.382 e. The molecule has 1 aromatic carbocycles. The Morgan fingerprint density at radius 2 is 1.94 bits per heavy atom. The zero-order valence-corrected chi connectivity index (χ0v) is 20.1. The van der Waals surface area contributed by atoms with Gasteiger partial charge in [-0.05, 0) is 43.0 Å². The van der Waals surface area contributed by atoms with E-state index in [1.165, 1.54) is 0 Å². The van der Waals surface area contributed by atoms with E-state index in [1.54, 1.807) is 25.4 Å².